The molecule has 0 fully saturated rings. The van der Waals surface area contributed by atoms with Crippen LogP contribution >= 0.6 is 0 Å². The highest BCUT2D eigenvalue weighted by Gasteiger charge is 1.91. The second-order valence-electron chi connectivity index (χ2n) is 1.21. The molecule has 0 radical (unpaired) electrons. The maximum absolute atomic E-state index is 11.8. The van der Waals surface area contributed by atoms with Crippen LogP contribution in [0.4, 0.5) is 4.48 Å². The minimum atomic E-state index is 0.135. The van der Waals surface area contributed by atoms with E-state index in [1.807, 2.05) is 0 Å². The van der Waals surface area contributed by atoms with Gasteiger partial charge >= 0.3 is 0 Å². The molecule has 0 aliphatic carbocycles. The summed E-state index contributed by atoms with van der Waals surface area (Å²) in [5.41, 5.74) is 0. The normalized spacial score (nSPS) is 18.1. The second kappa shape index (κ2) is 1.73. The number of nitrogens with zero attached hydrogens (tertiary/aromatic N) is 2. The van der Waals surface area contributed by atoms with Gasteiger partial charge in [0.05, 0.1) is 0 Å². The van der Waals surface area contributed by atoms with Gasteiger partial charge in [0.1, 0.15) is 6.67 Å². The number of hydrogen-bond donors (Lipinski definition) is 0. The molecule has 3 heteroatoms. The van der Waals surface area contributed by atoms with Crippen LogP contribution in [-0.2, 0) is 0 Å². The fourth-order valence-corrected chi connectivity index (χ4v) is 0.365. The van der Waals surface area contributed by atoms with Gasteiger partial charge in [0.2, 0.25) is 0 Å². The second-order valence-corrected chi connectivity index (χ2v) is 1.21. The smallest absolute Gasteiger partial charge is 0.140 e. The van der Waals surface area contributed by atoms with Gasteiger partial charge in [-0.05, 0) is 6.08 Å². The van der Waals surface area contributed by atoms with Gasteiger partial charge < -0.3 is 0 Å². The van der Waals surface area contributed by atoms with Crippen molar-refractivity contribution in [2.24, 2.45) is 4.99 Å². The predicted molar refractivity (Wildman–Crippen MR) is 25.4 cm³/mol. The molecular formula is C4H5FN2. The lowest BCUT2D eigenvalue weighted by molar-refractivity contribution is 0.0929. The third-order valence-electron chi connectivity index (χ3n) is 0.656. The van der Waals surface area contributed by atoms with Crippen LogP contribution in [0.3, 0.4) is 0 Å². The molecule has 0 unspecified atom stereocenters. The molecule has 1 aliphatic heterocycles. The minimum absolute atomic E-state index is 0.135. The van der Waals surface area contributed by atoms with E-state index < -0.39 is 0 Å². The Hall–Kier alpha value is -0.860. The molecule has 0 saturated carbocycles. The fourth-order valence-electron chi connectivity index (χ4n) is 0.365. The number of halogens is 1. The molecule has 7 heavy (non-hydrogen) atoms. The van der Waals surface area contributed by atoms with Gasteiger partial charge in [-0.25, -0.2) is 0 Å². The molecule has 0 saturated heterocycles. The van der Waals surface area contributed by atoms with Crippen molar-refractivity contribution in [3.63, 3.8) is 0 Å². The van der Waals surface area contributed by atoms with Crippen molar-refractivity contribution in [1.29, 1.82) is 0 Å². The molecular weight excluding hydrogens is 95.1 g/mol. The highest BCUT2D eigenvalue weighted by molar-refractivity contribution is 5.71. The molecule has 1 heterocycles. The Balaban J connectivity index is 2.49. The number of rotatable bonds is 0. The molecule has 0 bridgehead atoms. The Morgan fingerprint density at radius 1 is 1.71 bits per heavy atom. The van der Waals surface area contributed by atoms with Crippen molar-refractivity contribution in [3.8, 4) is 0 Å². The minimum Gasteiger partial charge on any atom is -0.269 e. The zero-order chi connectivity index (χ0) is 5.11. The topological polar surface area (TPSA) is 15.6 Å². The van der Waals surface area contributed by atoms with Crippen LogP contribution in [0.5, 0.6) is 0 Å². The van der Waals surface area contributed by atoms with E-state index in [9.17, 15) is 4.48 Å². The zero-order valence-electron chi connectivity index (χ0n) is 3.71. The maximum atomic E-state index is 11.8. The number of allylic oxidation sites excluding steroid dienone is 1. The summed E-state index contributed by atoms with van der Waals surface area (Å²) in [5, 5.41) is 0.514. The SMILES string of the molecule is FN1C=CC=NC1. The molecule has 0 N–H and O–H groups in total. The van der Waals surface area contributed by atoms with Crippen LogP contribution in [0.15, 0.2) is 17.3 Å². The third kappa shape index (κ3) is 0.994. The molecule has 0 amide bonds. The van der Waals surface area contributed by atoms with E-state index in [-0.39, 0.29) is 6.67 Å². The fraction of sp³-hybridized carbons (Fsp3) is 0.250. The van der Waals surface area contributed by atoms with E-state index in [0.29, 0.717) is 5.12 Å². The van der Waals surface area contributed by atoms with Crippen LogP contribution in [0.2, 0.25) is 0 Å². The van der Waals surface area contributed by atoms with Crippen LogP contribution < -0.4 is 0 Å². The average Bonchev–Trinajstić information content (AvgIpc) is 1.69. The molecule has 0 aromatic carbocycles. The van der Waals surface area contributed by atoms with E-state index in [1.54, 1.807) is 12.3 Å². The summed E-state index contributed by atoms with van der Waals surface area (Å²) in [6, 6.07) is 0. The first-order valence-corrected chi connectivity index (χ1v) is 1.98. The Kier molecular flexibility index (Phi) is 1.06. The molecule has 0 atom stereocenters. The van der Waals surface area contributed by atoms with Crippen molar-refractivity contribution in [2.75, 3.05) is 6.67 Å². The first kappa shape index (κ1) is 4.30. The Morgan fingerprint density at radius 3 is 2.86 bits per heavy atom. The van der Waals surface area contributed by atoms with E-state index >= 15 is 0 Å². The van der Waals surface area contributed by atoms with E-state index in [4.69, 9.17) is 0 Å². The van der Waals surface area contributed by atoms with E-state index in [1.165, 1.54) is 6.20 Å². The lowest BCUT2D eigenvalue weighted by atomic mass is 10.6. The van der Waals surface area contributed by atoms with Crippen LogP contribution in [0.25, 0.3) is 0 Å². The summed E-state index contributed by atoms with van der Waals surface area (Å²) >= 11 is 0. The van der Waals surface area contributed by atoms with E-state index in [2.05, 4.69) is 4.99 Å². The summed E-state index contributed by atoms with van der Waals surface area (Å²) in [7, 11) is 0. The highest BCUT2D eigenvalue weighted by Crippen LogP contribution is 1.92. The molecule has 0 spiro atoms. The Bertz CT molecular complexity index is 108. The van der Waals surface area contributed by atoms with Gasteiger partial charge in [-0.15, -0.1) is 0 Å². The third-order valence-corrected chi connectivity index (χ3v) is 0.656. The molecule has 0 aromatic heterocycles. The summed E-state index contributed by atoms with van der Waals surface area (Å²) in [6.45, 7) is 0.135. The van der Waals surface area contributed by atoms with Crippen molar-refractivity contribution < 1.29 is 4.48 Å². The summed E-state index contributed by atoms with van der Waals surface area (Å²) in [4.78, 5) is 3.60. The predicted octanol–water partition coefficient (Wildman–Crippen LogP) is 0.729. The van der Waals surface area contributed by atoms with Crippen molar-refractivity contribution in [1.82, 2.24) is 5.12 Å². The lowest BCUT2D eigenvalue weighted by Gasteiger charge is -2.04. The van der Waals surface area contributed by atoms with Gasteiger partial charge in [-0.2, -0.15) is 5.12 Å². The quantitative estimate of drug-likeness (QED) is 0.410. The van der Waals surface area contributed by atoms with Gasteiger partial charge in [0.25, 0.3) is 0 Å². The van der Waals surface area contributed by atoms with Crippen molar-refractivity contribution >= 4 is 6.21 Å². The van der Waals surface area contributed by atoms with Crippen molar-refractivity contribution in [2.45, 2.75) is 0 Å². The summed E-state index contributed by atoms with van der Waals surface area (Å²) in [5.74, 6) is 0. The Labute approximate surface area is 40.9 Å². The number of aliphatic imine (C=N–C) groups is 1. The molecule has 38 valence electrons. The summed E-state index contributed by atoms with van der Waals surface area (Å²) in [6.07, 6.45) is 4.44. The van der Waals surface area contributed by atoms with Gasteiger partial charge in [-0.3, -0.25) is 4.99 Å². The van der Waals surface area contributed by atoms with Crippen LogP contribution in [0, 0.1) is 0 Å². The van der Waals surface area contributed by atoms with E-state index in [0.717, 1.165) is 0 Å². The molecule has 1 rings (SSSR count). The number of hydrogen-bond acceptors (Lipinski definition) is 2. The van der Waals surface area contributed by atoms with Crippen LogP contribution in [0.1, 0.15) is 0 Å². The largest absolute Gasteiger partial charge is 0.269 e. The Morgan fingerprint density at radius 2 is 2.57 bits per heavy atom. The molecule has 2 nitrogen and oxygen atoms in total. The molecule has 0 aromatic rings. The summed E-state index contributed by atoms with van der Waals surface area (Å²) < 4.78 is 11.8. The first-order valence-electron chi connectivity index (χ1n) is 1.98. The van der Waals surface area contributed by atoms with Gasteiger partial charge in [0, 0.05) is 12.4 Å². The first-order chi connectivity index (χ1) is 3.39. The molecule has 1 aliphatic rings. The lowest BCUT2D eigenvalue weighted by Crippen LogP contribution is -2.07. The maximum Gasteiger partial charge on any atom is 0.140 e. The van der Waals surface area contributed by atoms with Crippen LogP contribution in [-0.4, -0.2) is 18.0 Å². The monoisotopic (exact) mass is 100 g/mol. The highest BCUT2D eigenvalue weighted by atomic mass is 19.2. The average molecular weight is 100 g/mol. The zero-order valence-corrected chi connectivity index (χ0v) is 3.71. The van der Waals surface area contributed by atoms with Crippen molar-refractivity contribution in [3.05, 3.63) is 12.3 Å². The van der Waals surface area contributed by atoms with Gasteiger partial charge in [-0.1, -0.05) is 4.48 Å². The van der Waals surface area contributed by atoms with Gasteiger partial charge in [0.15, 0.2) is 0 Å². The standard InChI is InChI=1S/C4H5FN2/c5-7-3-1-2-6-4-7/h1-3H,4H2.